The fraction of sp³-hybridized carbons (Fsp3) is 0.333. The zero-order valence-electron chi connectivity index (χ0n) is 15.9. The van der Waals surface area contributed by atoms with E-state index in [0.29, 0.717) is 39.0 Å². The molecule has 0 radical (unpaired) electrons. The van der Waals surface area contributed by atoms with Gasteiger partial charge in [-0.05, 0) is 26.0 Å². The van der Waals surface area contributed by atoms with Gasteiger partial charge in [-0.3, -0.25) is 9.59 Å². The standard InChI is InChI=1S/C21H19BrO6/c1-10(23)26-19-16-14(28-21(2,3)20(19)22)9-13-15(18(16)25-4)17(24)11-7-5-6-8-12(11)27-13/h5-9,19-20H,1-4H3/t19-,20+/m1/s1. The van der Waals surface area contributed by atoms with Gasteiger partial charge in [0.15, 0.2) is 6.10 Å². The largest absolute Gasteiger partial charge is 0.495 e. The van der Waals surface area contributed by atoms with E-state index >= 15 is 0 Å². The molecule has 0 N–H and O–H groups in total. The molecule has 2 heterocycles. The summed E-state index contributed by atoms with van der Waals surface area (Å²) in [7, 11) is 1.47. The molecule has 1 aliphatic heterocycles. The topological polar surface area (TPSA) is 75.0 Å². The highest BCUT2D eigenvalue weighted by atomic mass is 79.9. The maximum Gasteiger partial charge on any atom is 0.303 e. The Balaban J connectivity index is 2.12. The van der Waals surface area contributed by atoms with E-state index in [-0.39, 0.29) is 10.3 Å². The van der Waals surface area contributed by atoms with Crippen molar-refractivity contribution in [3.63, 3.8) is 0 Å². The van der Waals surface area contributed by atoms with Crippen LogP contribution in [0.15, 0.2) is 39.5 Å². The molecule has 1 aliphatic rings. The first kappa shape index (κ1) is 18.8. The van der Waals surface area contributed by atoms with Crippen LogP contribution >= 0.6 is 15.9 Å². The van der Waals surface area contributed by atoms with E-state index in [1.165, 1.54) is 14.0 Å². The van der Waals surface area contributed by atoms with Crippen molar-refractivity contribution < 1.29 is 23.4 Å². The summed E-state index contributed by atoms with van der Waals surface area (Å²) in [6.07, 6.45) is -0.693. The van der Waals surface area contributed by atoms with E-state index in [1.807, 2.05) is 13.8 Å². The quantitative estimate of drug-likeness (QED) is 0.327. The van der Waals surface area contributed by atoms with Gasteiger partial charge in [-0.2, -0.15) is 0 Å². The van der Waals surface area contributed by atoms with Crippen LogP contribution in [0, 0.1) is 0 Å². The third-order valence-corrected chi connectivity index (χ3v) is 6.49. The van der Waals surface area contributed by atoms with Gasteiger partial charge >= 0.3 is 5.97 Å². The van der Waals surface area contributed by atoms with Gasteiger partial charge in [0.25, 0.3) is 0 Å². The van der Waals surface area contributed by atoms with Crippen molar-refractivity contribution in [2.24, 2.45) is 0 Å². The third kappa shape index (κ3) is 2.76. The second-order valence-electron chi connectivity index (χ2n) is 7.26. The number of fused-ring (bicyclic) bond motifs is 3. The first-order chi connectivity index (χ1) is 13.2. The van der Waals surface area contributed by atoms with Crippen molar-refractivity contribution in [2.45, 2.75) is 37.3 Å². The third-order valence-electron chi connectivity index (χ3n) is 4.91. The van der Waals surface area contributed by atoms with E-state index in [0.717, 1.165) is 0 Å². The number of ether oxygens (including phenoxy) is 3. The highest BCUT2D eigenvalue weighted by Gasteiger charge is 2.46. The first-order valence-electron chi connectivity index (χ1n) is 8.81. The Kier molecular flexibility index (Phi) is 4.38. The van der Waals surface area contributed by atoms with Crippen LogP contribution in [0.25, 0.3) is 21.9 Å². The molecule has 3 aromatic rings. The minimum Gasteiger partial charge on any atom is -0.495 e. The Labute approximate surface area is 169 Å². The van der Waals surface area contributed by atoms with E-state index in [1.54, 1.807) is 30.3 Å². The molecule has 2 aromatic carbocycles. The second-order valence-corrected chi connectivity index (χ2v) is 8.25. The number of rotatable bonds is 2. The number of hydrogen-bond acceptors (Lipinski definition) is 6. The Bertz CT molecular complexity index is 1160. The molecule has 0 amide bonds. The molecule has 6 nitrogen and oxygen atoms in total. The van der Waals surface area contributed by atoms with Gasteiger partial charge in [0, 0.05) is 13.0 Å². The summed E-state index contributed by atoms with van der Waals surface area (Å²) < 4.78 is 23.4. The average molecular weight is 447 g/mol. The number of esters is 1. The van der Waals surface area contributed by atoms with Gasteiger partial charge in [-0.1, -0.05) is 28.1 Å². The summed E-state index contributed by atoms with van der Waals surface area (Å²) in [5.74, 6) is 0.304. The molecule has 0 aliphatic carbocycles. The molecule has 0 saturated carbocycles. The summed E-state index contributed by atoms with van der Waals surface area (Å²) in [6.45, 7) is 5.12. The predicted molar refractivity (Wildman–Crippen MR) is 108 cm³/mol. The molecule has 0 bridgehead atoms. The number of benzene rings is 2. The van der Waals surface area contributed by atoms with Crippen LogP contribution in [0.1, 0.15) is 32.4 Å². The minimum absolute atomic E-state index is 0.214. The molecule has 0 saturated heterocycles. The van der Waals surface area contributed by atoms with E-state index in [9.17, 15) is 9.59 Å². The number of halogens is 1. The van der Waals surface area contributed by atoms with Crippen molar-refractivity contribution >= 4 is 43.8 Å². The van der Waals surface area contributed by atoms with Crippen LogP contribution in [0.2, 0.25) is 0 Å². The Morgan fingerprint density at radius 1 is 1.21 bits per heavy atom. The van der Waals surface area contributed by atoms with Crippen molar-refractivity contribution in [1.82, 2.24) is 0 Å². The van der Waals surface area contributed by atoms with Crippen molar-refractivity contribution in [3.8, 4) is 11.5 Å². The number of methoxy groups -OCH3 is 1. The van der Waals surface area contributed by atoms with Gasteiger partial charge in [0.05, 0.1) is 22.9 Å². The van der Waals surface area contributed by atoms with Crippen LogP contribution in [-0.2, 0) is 9.53 Å². The highest BCUT2D eigenvalue weighted by Crippen LogP contribution is 2.51. The van der Waals surface area contributed by atoms with Crippen LogP contribution in [0.3, 0.4) is 0 Å². The van der Waals surface area contributed by atoms with Gasteiger partial charge in [0.2, 0.25) is 5.43 Å². The SMILES string of the molecule is COc1c2c(cc3oc4ccccc4c(=O)c13)OC(C)(C)[C@@H](Br)[C@@H]2OC(C)=O. The van der Waals surface area contributed by atoms with Gasteiger partial charge < -0.3 is 18.6 Å². The number of alkyl halides is 1. The van der Waals surface area contributed by atoms with Crippen molar-refractivity contribution in [3.05, 3.63) is 46.1 Å². The van der Waals surface area contributed by atoms with Crippen molar-refractivity contribution in [2.75, 3.05) is 7.11 Å². The summed E-state index contributed by atoms with van der Waals surface area (Å²) in [6, 6.07) is 8.69. The van der Waals surface area contributed by atoms with E-state index in [4.69, 9.17) is 18.6 Å². The number of carbonyl (C=O) groups is 1. The van der Waals surface area contributed by atoms with E-state index in [2.05, 4.69) is 15.9 Å². The molecular weight excluding hydrogens is 428 g/mol. The molecule has 28 heavy (non-hydrogen) atoms. The van der Waals surface area contributed by atoms with E-state index < -0.39 is 17.7 Å². The molecule has 7 heteroatoms. The average Bonchev–Trinajstić information content (AvgIpc) is 2.63. The van der Waals surface area contributed by atoms with Crippen LogP contribution in [0.5, 0.6) is 11.5 Å². The number of carbonyl (C=O) groups excluding carboxylic acids is 1. The van der Waals surface area contributed by atoms with Crippen molar-refractivity contribution in [1.29, 1.82) is 0 Å². The fourth-order valence-electron chi connectivity index (χ4n) is 3.63. The molecule has 1 aromatic heterocycles. The molecule has 0 unspecified atom stereocenters. The van der Waals surface area contributed by atoms with Crippen LogP contribution < -0.4 is 14.9 Å². The lowest BCUT2D eigenvalue weighted by Crippen LogP contribution is -2.46. The fourth-order valence-corrected chi connectivity index (χ4v) is 4.10. The molecule has 0 fully saturated rings. The summed E-state index contributed by atoms with van der Waals surface area (Å²) in [4.78, 5) is 24.6. The molecule has 146 valence electrons. The Hall–Kier alpha value is -2.54. The minimum atomic E-state index is -0.693. The molecule has 4 rings (SSSR count). The van der Waals surface area contributed by atoms with Crippen LogP contribution in [0.4, 0.5) is 0 Å². The lowest BCUT2D eigenvalue weighted by atomic mass is 9.89. The summed E-state index contributed by atoms with van der Waals surface area (Å²) >= 11 is 3.60. The van der Waals surface area contributed by atoms with Gasteiger partial charge in [-0.15, -0.1) is 0 Å². The second kappa shape index (κ2) is 6.51. The summed E-state index contributed by atoms with van der Waals surface area (Å²) in [5, 5.41) is 0.741. The molecule has 2 atom stereocenters. The van der Waals surface area contributed by atoms with Gasteiger partial charge in [-0.25, -0.2) is 0 Å². The zero-order chi connectivity index (χ0) is 20.2. The predicted octanol–water partition coefficient (Wildman–Crippen LogP) is 4.49. The normalized spacial score (nSPS) is 20.5. The van der Waals surface area contributed by atoms with Crippen LogP contribution in [-0.4, -0.2) is 23.5 Å². The zero-order valence-corrected chi connectivity index (χ0v) is 17.5. The number of hydrogen-bond donors (Lipinski definition) is 0. The lowest BCUT2D eigenvalue weighted by molar-refractivity contribution is -0.149. The Morgan fingerprint density at radius 2 is 1.93 bits per heavy atom. The Morgan fingerprint density at radius 3 is 2.61 bits per heavy atom. The molecular formula is C21H19BrO6. The monoisotopic (exact) mass is 446 g/mol. The summed E-state index contributed by atoms with van der Waals surface area (Å²) in [5.41, 5.74) is 0.447. The maximum absolute atomic E-state index is 13.2. The lowest BCUT2D eigenvalue weighted by Gasteiger charge is -2.41. The maximum atomic E-state index is 13.2. The number of para-hydroxylation sites is 1. The first-order valence-corrected chi connectivity index (χ1v) is 9.73. The smallest absolute Gasteiger partial charge is 0.303 e. The highest BCUT2D eigenvalue weighted by molar-refractivity contribution is 9.09. The van der Waals surface area contributed by atoms with Gasteiger partial charge in [0.1, 0.15) is 33.7 Å². The molecule has 0 spiro atoms.